The average molecular weight is 338 g/mol. The van der Waals surface area contributed by atoms with Crippen LogP contribution >= 0.6 is 21.6 Å². The lowest BCUT2D eigenvalue weighted by Crippen LogP contribution is -1.96. The zero-order valence-electron chi connectivity index (χ0n) is 10.9. The van der Waals surface area contributed by atoms with Crippen LogP contribution in [0.3, 0.4) is 0 Å². The zero-order chi connectivity index (χ0) is 16.3. The summed E-state index contributed by atoms with van der Waals surface area (Å²) in [5.74, 6) is -3.11. The van der Waals surface area contributed by atoms with Gasteiger partial charge in [-0.2, -0.15) is 0 Å². The molecule has 0 bridgehead atoms. The molecule has 4 N–H and O–H groups in total. The molecule has 0 aliphatic heterocycles. The Bertz CT molecular complexity index is 681. The van der Waals surface area contributed by atoms with E-state index in [4.69, 9.17) is 10.2 Å². The minimum absolute atomic E-state index is 0.206. The SMILES string of the molecule is O=C(O)c1cc(SSc2ccc(O)c(C(=O)O)c2)ccc1O. The number of carbonyl (C=O) groups is 2. The molecule has 2 aromatic rings. The Labute approximate surface area is 132 Å². The van der Waals surface area contributed by atoms with Crippen LogP contribution in [0.25, 0.3) is 0 Å². The lowest BCUT2D eigenvalue weighted by atomic mass is 10.2. The van der Waals surface area contributed by atoms with Gasteiger partial charge < -0.3 is 20.4 Å². The van der Waals surface area contributed by atoms with Gasteiger partial charge in [0, 0.05) is 9.79 Å². The van der Waals surface area contributed by atoms with Crippen molar-refractivity contribution in [3.63, 3.8) is 0 Å². The summed E-state index contributed by atoms with van der Waals surface area (Å²) in [7, 11) is 2.42. The van der Waals surface area contributed by atoms with Crippen molar-refractivity contribution in [1.29, 1.82) is 0 Å². The Kier molecular flexibility index (Phi) is 4.84. The molecule has 0 spiro atoms. The fraction of sp³-hybridized carbons (Fsp3) is 0. The predicted molar refractivity (Wildman–Crippen MR) is 81.8 cm³/mol. The van der Waals surface area contributed by atoms with E-state index in [0.29, 0.717) is 9.79 Å². The van der Waals surface area contributed by atoms with Gasteiger partial charge in [-0.3, -0.25) is 0 Å². The van der Waals surface area contributed by atoms with Gasteiger partial charge in [-0.15, -0.1) is 0 Å². The lowest BCUT2D eigenvalue weighted by molar-refractivity contribution is 0.0682. The maximum atomic E-state index is 10.9. The van der Waals surface area contributed by atoms with Crippen molar-refractivity contribution in [3.05, 3.63) is 47.5 Å². The summed E-state index contributed by atoms with van der Waals surface area (Å²) in [5.41, 5.74) is -0.412. The standard InChI is InChI=1S/C14H10O6S2/c15-11-3-1-7(5-9(11)13(17)18)21-22-8-2-4-12(16)10(6-8)14(19)20/h1-6,15-16H,(H,17,18)(H,19,20). The second-order valence-electron chi connectivity index (χ2n) is 4.13. The smallest absolute Gasteiger partial charge is 0.339 e. The average Bonchev–Trinajstić information content (AvgIpc) is 2.47. The molecular formula is C14H10O6S2. The number of benzene rings is 2. The summed E-state index contributed by atoms with van der Waals surface area (Å²) in [6, 6.07) is 8.33. The van der Waals surface area contributed by atoms with Gasteiger partial charge in [0.05, 0.1) is 0 Å². The van der Waals surface area contributed by atoms with Gasteiger partial charge in [0.2, 0.25) is 0 Å². The fourth-order valence-corrected chi connectivity index (χ4v) is 3.54. The quantitative estimate of drug-likeness (QED) is 0.614. The Balaban J connectivity index is 2.17. The summed E-state index contributed by atoms with van der Waals surface area (Å²) in [4.78, 5) is 23.0. The monoisotopic (exact) mass is 338 g/mol. The van der Waals surface area contributed by atoms with E-state index in [9.17, 15) is 19.8 Å². The molecule has 0 radical (unpaired) electrons. The maximum Gasteiger partial charge on any atom is 0.339 e. The predicted octanol–water partition coefficient (Wildman–Crippen LogP) is 3.29. The van der Waals surface area contributed by atoms with Crippen molar-refractivity contribution in [3.8, 4) is 11.5 Å². The molecule has 0 fully saturated rings. The number of carboxylic acids is 2. The van der Waals surface area contributed by atoms with Crippen LogP contribution in [0.2, 0.25) is 0 Å². The molecule has 0 saturated heterocycles. The minimum Gasteiger partial charge on any atom is -0.507 e. The number of phenols is 2. The largest absolute Gasteiger partial charge is 0.507 e. The van der Waals surface area contributed by atoms with Gasteiger partial charge in [0.15, 0.2) is 0 Å². The van der Waals surface area contributed by atoms with Crippen LogP contribution in [-0.2, 0) is 0 Å². The van der Waals surface area contributed by atoms with E-state index >= 15 is 0 Å². The molecule has 22 heavy (non-hydrogen) atoms. The van der Waals surface area contributed by atoms with Gasteiger partial charge in [0.1, 0.15) is 22.6 Å². The second-order valence-corrected chi connectivity index (χ2v) is 6.41. The Morgan fingerprint density at radius 1 is 0.727 bits per heavy atom. The molecular weight excluding hydrogens is 328 g/mol. The highest BCUT2D eigenvalue weighted by Gasteiger charge is 2.13. The normalized spacial score (nSPS) is 10.4. The number of hydrogen-bond donors (Lipinski definition) is 4. The van der Waals surface area contributed by atoms with Crippen LogP contribution in [0, 0.1) is 0 Å². The molecule has 0 heterocycles. The second kappa shape index (κ2) is 6.63. The summed E-state index contributed by atoms with van der Waals surface area (Å²) >= 11 is 0. The highest BCUT2D eigenvalue weighted by atomic mass is 33.1. The van der Waals surface area contributed by atoms with E-state index in [0.717, 1.165) is 0 Å². The van der Waals surface area contributed by atoms with Crippen LogP contribution < -0.4 is 0 Å². The molecule has 2 aromatic carbocycles. The van der Waals surface area contributed by atoms with E-state index in [1.807, 2.05) is 0 Å². The van der Waals surface area contributed by atoms with Gasteiger partial charge in [-0.05, 0) is 36.4 Å². The third-order valence-corrected chi connectivity index (χ3v) is 5.01. The Hall–Kier alpha value is -2.32. The molecule has 114 valence electrons. The highest BCUT2D eigenvalue weighted by molar-refractivity contribution is 8.76. The van der Waals surface area contributed by atoms with Crippen LogP contribution in [0.15, 0.2) is 46.2 Å². The number of aromatic carboxylic acids is 2. The summed E-state index contributed by atoms with van der Waals surface area (Å²) < 4.78 is 0. The van der Waals surface area contributed by atoms with Crippen molar-refractivity contribution in [2.75, 3.05) is 0 Å². The van der Waals surface area contributed by atoms with Crippen molar-refractivity contribution in [2.45, 2.75) is 9.79 Å². The van der Waals surface area contributed by atoms with Gasteiger partial charge in [-0.25, -0.2) is 9.59 Å². The molecule has 8 heteroatoms. The van der Waals surface area contributed by atoms with E-state index < -0.39 is 11.9 Å². The molecule has 0 aromatic heterocycles. The number of carboxylic acid groups (broad SMARTS) is 2. The van der Waals surface area contributed by atoms with E-state index in [1.165, 1.54) is 45.9 Å². The van der Waals surface area contributed by atoms with E-state index in [2.05, 4.69) is 0 Å². The van der Waals surface area contributed by atoms with Crippen molar-refractivity contribution in [1.82, 2.24) is 0 Å². The molecule has 0 unspecified atom stereocenters. The lowest BCUT2D eigenvalue weighted by Gasteiger charge is -2.06. The topological polar surface area (TPSA) is 115 Å². The summed E-state index contributed by atoms with van der Waals surface area (Å²) in [5, 5.41) is 36.7. The third kappa shape index (κ3) is 3.66. The molecule has 2 rings (SSSR count). The van der Waals surface area contributed by atoms with Gasteiger partial charge in [0.25, 0.3) is 0 Å². The van der Waals surface area contributed by atoms with Crippen molar-refractivity contribution >= 4 is 33.5 Å². The molecule has 0 aliphatic rings. The number of aromatic hydroxyl groups is 2. The zero-order valence-corrected chi connectivity index (χ0v) is 12.5. The highest BCUT2D eigenvalue weighted by Crippen LogP contribution is 2.39. The first-order valence-electron chi connectivity index (χ1n) is 5.85. The molecule has 0 saturated carbocycles. The van der Waals surface area contributed by atoms with Crippen LogP contribution in [-0.4, -0.2) is 32.4 Å². The van der Waals surface area contributed by atoms with Gasteiger partial charge in [-0.1, -0.05) is 21.6 Å². The summed E-state index contributed by atoms with van der Waals surface area (Å²) in [6.45, 7) is 0. The van der Waals surface area contributed by atoms with Gasteiger partial charge >= 0.3 is 11.9 Å². The third-order valence-electron chi connectivity index (χ3n) is 2.63. The van der Waals surface area contributed by atoms with E-state index in [-0.39, 0.29) is 22.6 Å². The van der Waals surface area contributed by atoms with Crippen LogP contribution in [0.4, 0.5) is 0 Å². The fourth-order valence-electron chi connectivity index (χ4n) is 1.57. The number of rotatable bonds is 5. The van der Waals surface area contributed by atoms with E-state index in [1.54, 1.807) is 12.1 Å². The molecule has 0 amide bonds. The number of hydrogen-bond acceptors (Lipinski definition) is 6. The van der Waals surface area contributed by atoms with Crippen molar-refractivity contribution < 1.29 is 30.0 Å². The molecule has 6 nitrogen and oxygen atoms in total. The molecule has 0 aliphatic carbocycles. The molecule has 0 atom stereocenters. The van der Waals surface area contributed by atoms with Crippen LogP contribution in [0.1, 0.15) is 20.7 Å². The first kappa shape index (κ1) is 16.1. The Morgan fingerprint density at radius 3 is 1.41 bits per heavy atom. The minimum atomic E-state index is -1.23. The first-order chi connectivity index (χ1) is 10.4. The summed E-state index contributed by atoms with van der Waals surface area (Å²) in [6.07, 6.45) is 0. The first-order valence-corrected chi connectivity index (χ1v) is 8.00. The van der Waals surface area contributed by atoms with Crippen molar-refractivity contribution in [2.24, 2.45) is 0 Å². The Morgan fingerprint density at radius 2 is 1.09 bits per heavy atom. The maximum absolute atomic E-state index is 10.9. The van der Waals surface area contributed by atoms with Crippen LogP contribution in [0.5, 0.6) is 11.5 Å².